The van der Waals surface area contributed by atoms with Gasteiger partial charge in [-0.15, -0.1) is 0 Å². The lowest BCUT2D eigenvalue weighted by atomic mass is 10.1. The number of anilines is 1. The third-order valence-corrected chi connectivity index (χ3v) is 3.28. The van der Waals surface area contributed by atoms with Crippen LogP contribution in [-0.4, -0.2) is 29.9 Å². The summed E-state index contributed by atoms with van der Waals surface area (Å²) in [6.07, 6.45) is 1.75. The lowest BCUT2D eigenvalue weighted by Gasteiger charge is -2.11. The Morgan fingerprint density at radius 3 is 2.45 bits per heavy atom. The summed E-state index contributed by atoms with van der Waals surface area (Å²) < 4.78 is 0.953. The van der Waals surface area contributed by atoms with Crippen LogP contribution in [0.4, 0.5) is 5.82 Å². The van der Waals surface area contributed by atoms with Gasteiger partial charge in [0.2, 0.25) is 0 Å². The minimum atomic E-state index is 0.0130. The van der Waals surface area contributed by atoms with Gasteiger partial charge in [-0.3, -0.25) is 4.79 Å². The molecular weight excluding hydrogens is 318 g/mol. The van der Waals surface area contributed by atoms with Crippen molar-refractivity contribution in [2.45, 2.75) is 6.54 Å². The Labute approximate surface area is 127 Å². The maximum absolute atomic E-state index is 11.8. The normalized spacial score (nSPS) is 10.2. The molecule has 0 saturated heterocycles. The van der Waals surface area contributed by atoms with E-state index in [-0.39, 0.29) is 5.91 Å². The van der Waals surface area contributed by atoms with E-state index in [9.17, 15) is 4.79 Å². The summed E-state index contributed by atoms with van der Waals surface area (Å²) in [5, 5.41) is 3.23. The summed E-state index contributed by atoms with van der Waals surface area (Å²) in [5.41, 5.74) is 1.80. The van der Waals surface area contributed by atoms with Gasteiger partial charge in [0, 0.05) is 36.9 Å². The Balaban J connectivity index is 1.97. The molecule has 20 heavy (non-hydrogen) atoms. The number of aromatic nitrogens is 1. The van der Waals surface area contributed by atoms with Crippen LogP contribution in [0, 0.1) is 0 Å². The summed E-state index contributed by atoms with van der Waals surface area (Å²) in [4.78, 5) is 17.6. The Kier molecular flexibility index (Phi) is 4.74. The first-order valence-electron chi connectivity index (χ1n) is 6.22. The zero-order valence-electron chi connectivity index (χ0n) is 11.4. The second kappa shape index (κ2) is 6.52. The average Bonchev–Trinajstić information content (AvgIpc) is 2.46. The van der Waals surface area contributed by atoms with Crippen molar-refractivity contribution >= 4 is 27.7 Å². The quantitative estimate of drug-likeness (QED) is 0.934. The predicted molar refractivity (Wildman–Crippen MR) is 83.7 cm³/mol. The molecule has 1 N–H and O–H groups in total. The number of hydrogen-bond acceptors (Lipinski definition) is 3. The van der Waals surface area contributed by atoms with Crippen molar-refractivity contribution in [3.05, 3.63) is 58.2 Å². The summed E-state index contributed by atoms with van der Waals surface area (Å²) in [6, 6.07) is 11.4. The van der Waals surface area contributed by atoms with E-state index in [2.05, 4.69) is 26.2 Å². The van der Waals surface area contributed by atoms with Gasteiger partial charge in [-0.25, -0.2) is 4.98 Å². The fourth-order valence-corrected chi connectivity index (χ4v) is 1.93. The van der Waals surface area contributed by atoms with E-state index < -0.39 is 0 Å². The first-order valence-corrected chi connectivity index (χ1v) is 7.01. The maximum atomic E-state index is 11.8. The number of rotatable bonds is 4. The highest BCUT2D eigenvalue weighted by atomic mass is 79.9. The summed E-state index contributed by atoms with van der Waals surface area (Å²) >= 11 is 3.35. The molecule has 1 aromatic carbocycles. The van der Waals surface area contributed by atoms with Crippen LogP contribution in [0.25, 0.3) is 0 Å². The smallest absolute Gasteiger partial charge is 0.253 e. The van der Waals surface area contributed by atoms with Crippen molar-refractivity contribution in [1.82, 2.24) is 9.88 Å². The van der Waals surface area contributed by atoms with Gasteiger partial charge < -0.3 is 10.2 Å². The van der Waals surface area contributed by atoms with Crippen LogP contribution in [0.15, 0.2) is 47.1 Å². The number of nitrogens with zero attached hydrogens (tertiary/aromatic N) is 2. The first-order chi connectivity index (χ1) is 9.56. The monoisotopic (exact) mass is 333 g/mol. The zero-order valence-corrected chi connectivity index (χ0v) is 13.0. The molecule has 1 amide bonds. The van der Waals surface area contributed by atoms with Crippen molar-refractivity contribution in [3.63, 3.8) is 0 Å². The Bertz CT molecular complexity index is 579. The first kappa shape index (κ1) is 14.5. The van der Waals surface area contributed by atoms with Crippen LogP contribution in [0.1, 0.15) is 15.9 Å². The number of carbonyl (C=O) groups is 1. The van der Waals surface area contributed by atoms with E-state index in [1.54, 1.807) is 25.2 Å². The molecule has 1 aromatic heterocycles. The molecule has 0 atom stereocenters. The highest BCUT2D eigenvalue weighted by Crippen LogP contribution is 2.12. The fourth-order valence-electron chi connectivity index (χ4n) is 1.70. The highest BCUT2D eigenvalue weighted by molar-refractivity contribution is 9.10. The molecule has 104 valence electrons. The Morgan fingerprint density at radius 2 is 1.90 bits per heavy atom. The van der Waals surface area contributed by atoms with Crippen LogP contribution in [0.2, 0.25) is 0 Å². The highest BCUT2D eigenvalue weighted by Gasteiger charge is 2.06. The minimum Gasteiger partial charge on any atom is -0.366 e. The number of pyridine rings is 1. The van der Waals surface area contributed by atoms with E-state index in [0.29, 0.717) is 12.1 Å². The third kappa shape index (κ3) is 3.81. The van der Waals surface area contributed by atoms with E-state index in [1.807, 2.05) is 36.4 Å². The van der Waals surface area contributed by atoms with Crippen LogP contribution in [0.3, 0.4) is 0 Å². The molecule has 0 bridgehead atoms. The van der Waals surface area contributed by atoms with Gasteiger partial charge in [0.05, 0.1) is 0 Å². The molecule has 0 aliphatic heterocycles. The molecule has 5 heteroatoms. The number of benzene rings is 1. The van der Waals surface area contributed by atoms with E-state index >= 15 is 0 Å². The van der Waals surface area contributed by atoms with Crippen molar-refractivity contribution < 1.29 is 4.79 Å². The Hall–Kier alpha value is -1.88. The number of nitrogens with one attached hydrogen (secondary N) is 1. The molecule has 0 fully saturated rings. The standard InChI is InChI=1S/C15H16BrN3O/c1-19(2)15(20)12-5-3-11(4-6-12)9-17-14-8-7-13(16)10-18-14/h3-8,10H,9H2,1-2H3,(H,17,18). The van der Waals surface area contributed by atoms with Crippen molar-refractivity contribution in [3.8, 4) is 0 Å². The number of hydrogen-bond donors (Lipinski definition) is 1. The largest absolute Gasteiger partial charge is 0.366 e. The third-order valence-electron chi connectivity index (χ3n) is 2.81. The summed E-state index contributed by atoms with van der Waals surface area (Å²) in [6.45, 7) is 0.672. The Morgan fingerprint density at radius 1 is 1.20 bits per heavy atom. The topological polar surface area (TPSA) is 45.2 Å². The lowest BCUT2D eigenvalue weighted by Crippen LogP contribution is -2.21. The van der Waals surface area contributed by atoms with Crippen molar-refractivity contribution in [2.24, 2.45) is 0 Å². The van der Waals surface area contributed by atoms with Crippen LogP contribution < -0.4 is 5.32 Å². The van der Waals surface area contributed by atoms with Crippen LogP contribution >= 0.6 is 15.9 Å². The van der Waals surface area contributed by atoms with E-state index in [1.165, 1.54) is 0 Å². The predicted octanol–water partition coefficient (Wildman–Crippen LogP) is 3.16. The molecule has 2 rings (SSSR count). The number of halogens is 1. The van der Waals surface area contributed by atoms with Crippen molar-refractivity contribution in [2.75, 3.05) is 19.4 Å². The molecular formula is C15H16BrN3O. The average molecular weight is 334 g/mol. The van der Waals surface area contributed by atoms with E-state index in [0.717, 1.165) is 15.9 Å². The molecule has 0 spiro atoms. The summed E-state index contributed by atoms with van der Waals surface area (Å²) in [5.74, 6) is 0.834. The fraction of sp³-hybridized carbons (Fsp3) is 0.200. The van der Waals surface area contributed by atoms with Gasteiger partial charge in [-0.1, -0.05) is 12.1 Å². The van der Waals surface area contributed by atoms with Crippen LogP contribution in [0.5, 0.6) is 0 Å². The molecule has 0 saturated carbocycles. The van der Waals surface area contributed by atoms with Gasteiger partial charge in [-0.2, -0.15) is 0 Å². The molecule has 0 aliphatic carbocycles. The molecule has 1 heterocycles. The molecule has 0 unspecified atom stereocenters. The number of carbonyl (C=O) groups excluding carboxylic acids is 1. The summed E-state index contributed by atoms with van der Waals surface area (Å²) in [7, 11) is 3.49. The number of amides is 1. The van der Waals surface area contributed by atoms with Gasteiger partial charge >= 0.3 is 0 Å². The van der Waals surface area contributed by atoms with Gasteiger partial charge in [0.25, 0.3) is 5.91 Å². The molecule has 4 nitrogen and oxygen atoms in total. The second-order valence-corrected chi connectivity index (χ2v) is 5.53. The van der Waals surface area contributed by atoms with E-state index in [4.69, 9.17) is 0 Å². The molecule has 0 radical (unpaired) electrons. The van der Waals surface area contributed by atoms with Gasteiger partial charge in [0.15, 0.2) is 0 Å². The van der Waals surface area contributed by atoms with Crippen molar-refractivity contribution in [1.29, 1.82) is 0 Å². The van der Waals surface area contributed by atoms with Crippen LogP contribution in [-0.2, 0) is 6.54 Å². The molecule has 2 aromatic rings. The maximum Gasteiger partial charge on any atom is 0.253 e. The lowest BCUT2D eigenvalue weighted by molar-refractivity contribution is 0.0827. The SMILES string of the molecule is CN(C)C(=O)c1ccc(CNc2ccc(Br)cn2)cc1. The minimum absolute atomic E-state index is 0.0130. The van der Waals surface area contributed by atoms with Gasteiger partial charge in [-0.05, 0) is 45.8 Å². The second-order valence-electron chi connectivity index (χ2n) is 4.61. The zero-order chi connectivity index (χ0) is 14.5. The van der Waals surface area contributed by atoms with Gasteiger partial charge in [0.1, 0.15) is 5.82 Å². The molecule has 0 aliphatic rings.